The molecule has 4 aromatic rings. The third kappa shape index (κ3) is 3.28. The molecule has 0 radical (unpaired) electrons. The van der Waals surface area contributed by atoms with Crippen molar-refractivity contribution in [3.05, 3.63) is 111 Å². The number of nitrogens with one attached hydrogen (secondary N) is 1. The normalized spacial score (nSPS) is 10.8. The average molecular weight is 405 g/mol. The largest absolute Gasteiger partial charge is 0.290 e. The van der Waals surface area contributed by atoms with Gasteiger partial charge in [0.2, 0.25) is 0 Å². The second-order valence-corrected chi connectivity index (χ2v) is 7.03. The van der Waals surface area contributed by atoms with Crippen molar-refractivity contribution >= 4 is 15.9 Å². The fraction of sp³-hybridized carbons (Fsp3) is 0.0455. The predicted octanol–water partition coefficient (Wildman–Crippen LogP) is 5.19. The third-order valence-electron chi connectivity index (χ3n) is 4.34. The molecular weight excluding hydrogens is 388 g/mol. The van der Waals surface area contributed by atoms with Crippen LogP contribution in [0.15, 0.2) is 94.2 Å². The summed E-state index contributed by atoms with van der Waals surface area (Å²) < 4.78 is 2.55. The highest BCUT2D eigenvalue weighted by atomic mass is 79.9. The van der Waals surface area contributed by atoms with E-state index in [0.717, 1.165) is 32.5 Å². The third-order valence-corrected chi connectivity index (χ3v) is 4.83. The number of nitrogens with zero attached hydrogens (tertiary/aromatic N) is 1. The standard InChI is InChI=1S/C22H17BrN2O/c23-18-12-7-13-19(15-18)25-22(26)20(14-16-8-3-1-4-9-16)21(24-25)17-10-5-2-6-11-17/h1-13,15,24H,14H2. The fourth-order valence-electron chi connectivity index (χ4n) is 3.08. The highest BCUT2D eigenvalue weighted by Gasteiger charge is 2.17. The molecule has 3 nitrogen and oxygen atoms in total. The van der Waals surface area contributed by atoms with Crippen molar-refractivity contribution in [3.63, 3.8) is 0 Å². The molecule has 3 aromatic carbocycles. The van der Waals surface area contributed by atoms with E-state index in [0.29, 0.717) is 6.42 Å². The molecule has 0 bridgehead atoms. The Kier molecular flexibility index (Phi) is 4.59. The topological polar surface area (TPSA) is 37.8 Å². The molecule has 0 unspecified atom stereocenters. The second-order valence-electron chi connectivity index (χ2n) is 6.11. The number of benzene rings is 3. The Hall–Kier alpha value is -2.85. The molecule has 0 saturated heterocycles. The van der Waals surface area contributed by atoms with Gasteiger partial charge in [-0.2, -0.15) is 0 Å². The van der Waals surface area contributed by atoms with Crippen LogP contribution in [0.3, 0.4) is 0 Å². The van der Waals surface area contributed by atoms with Gasteiger partial charge in [-0.25, -0.2) is 4.68 Å². The van der Waals surface area contributed by atoms with Gasteiger partial charge in [-0.15, -0.1) is 0 Å². The Morgan fingerprint density at radius 3 is 2.23 bits per heavy atom. The van der Waals surface area contributed by atoms with Crippen LogP contribution in [0.4, 0.5) is 0 Å². The summed E-state index contributed by atoms with van der Waals surface area (Å²) in [5.41, 5.74) is 4.53. The van der Waals surface area contributed by atoms with Gasteiger partial charge in [-0.3, -0.25) is 9.89 Å². The number of H-pyrrole nitrogens is 1. The smallest absolute Gasteiger partial charge is 0.275 e. The summed E-state index contributed by atoms with van der Waals surface area (Å²) in [5.74, 6) is 0. The van der Waals surface area contributed by atoms with Crippen LogP contribution < -0.4 is 5.56 Å². The van der Waals surface area contributed by atoms with E-state index >= 15 is 0 Å². The maximum Gasteiger partial charge on any atom is 0.275 e. The molecule has 0 aliphatic carbocycles. The molecule has 0 atom stereocenters. The Morgan fingerprint density at radius 1 is 0.846 bits per heavy atom. The predicted molar refractivity (Wildman–Crippen MR) is 109 cm³/mol. The first-order valence-corrected chi connectivity index (χ1v) is 9.21. The fourth-order valence-corrected chi connectivity index (χ4v) is 3.46. The van der Waals surface area contributed by atoms with Crippen LogP contribution in [0.1, 0.15) is 11.1 Å². The average Bonchev–Trinajstić information content (AvgIpc) is 3.00. The van der Waals surface area contributed by atoms with Crippen LogP contribution in [-0.2, 0) is 6.42 Å². The first kappa shape index (κ1) is 16.6. The Morgan fingerprint density at radius 2 is 1.54 bits per heavy atom. The van der Waals surface area contributed by atoms with Crippen molar-refractivity contribution in [2.75, 3.05) is 0 Å². The lowest BCUT2D eigenvalue weighted by molar-refractivity contribution is 0.849. The lowest BCUT2D eigenvalue weighted by Gasteiger charge is -2.03. The van der Waals surface area contributed by atoms with Crippen LogP contribution in [0.25, 0.3) is 16.9 Å². The number of aromatic amines is 1. The van der Waals surface area contributed by atoms with Crippen molar-refractivity contribution in [2.45, 2.75) is 6.42 Å². The molecule has 1 heterocycles. The van der Waals surface area contributed by atoms with Crippen LogP contribution >= 0.6 is 15.9 Å². The zero-order valence-electron chi connectivity index (χ0n) is 14.0. The lowest BCUT2D eigenvalue weighted by Crippen LogP contribution is -2.17. The Labute approximate surface area is 160 Å². The summed E-state index contributed by atoms with van der Waals surface area (Å²) >= 11 is 3.48. The maximum atomic E-state index is 13.2. The zero-order valence-corrected chi connectivity index (χ0v) is 15.6. The molecule has 128 valence electrons. The van der Waals surface area contributed by atoms with E-state index in [1.165, 1.54) is 0 Å². The molecule has 4 rings (SSSR count). The summed E-state index contributed by atoms with van der Waals surface area (Å²) in [7, 11) is 0. The molecule has 4 heteroatoms. The number of halogens is 1. The SMILES string of the molecule is O=c1c(Cc2ccccc2)c(-c2ccccc2)[nH]n1-c1cccc(Br)c1. The molecule has 0 aliphatic heterocycles. The van der Waals surface area contributed by atoms with Gasteiger partial charge < -0.3 is 0 Å². The first-order chi connectivity index (χ1) is 12.7. The molecule has 26 heavy (non-hydrogen) atoms. The van der Waals surface area contributed by atoms with E-state index in [1.807, 2.05) is 84.9 Å². The van der Waals surface area contributed by atoms with Gasteiger partial charge in [0.25, 0.3) is 5.56 Å². The molecule has 0 fully saturated rings. The van der Waals surface area contributed by atoms with Crippen LogP contribution in [0, 0.1) is 0 Å². The van der Waals surface area contributed by atoms with E-state index in [9.17, 15) is 4.79 Å². The summed E-state index contributed by atoms with van der Waals surface area (Å²) in [4.78, 5) is 13.2. The van der Waals surface area contributed by atoms with Gasteiger partial charge in [0, 0.05) is 16.5 Å². The van der Waals surface area contributed by atoms with Crippen LogP contribution in [-0.4, -0.2) is 9.78 Å². The summed E-state index contributed by atoms with van der Waals surface area (Å²) in [6.07, 6.45) is 0.585. The van der Waals surface area contributed by atoms with Crippen molar-refractivity contribution in [1.82, 2.24) is 9.78 Å². The highest BCUT2D eigenvalue weighted by molar-refractivity contribution is 9.10. The van der Waals surface area contributed by atoms with Gasteiger partial charge in [-0.05, 0) is 29.3 Å². The van der Waals surface area contributed by atoms with Gasteiger partial charge in [0.05, 0.1) is 11.4 Å². The van der Waals surface area contributed by atoms with Gasteiger partial charge in [-0.1, -0.05) is 82.7 Å². The molecule has 0 saturated carbocycles. The van der Waals surface area contributed by atoms with E-state index < -0.39 is 0 Å². The highest BCUT2D eigenvalue weighted by Crippen LogP contribution is 2.23. The Bertz CT molecular complexity index is 1080. The molecule has 0 spiro atoms. The van der Waals surface area contributed by atoms with E-state index in [2.05, 4.69) is 21.0 Å². The minimum Gasteiger partial charge on any atom is -0.290 e. The van der Waals surface area contributed by atoms with Gasteiger partial charge >= 0.3 is 0 Å². The summed E-state index contributed by atoms with van der Waals surface area (Å²) in [6, 6.07) is 27.8. The van der Waals surface area contributed by atoms with Crippen molar-refractivity contribution in [1.29, 1.82) is 0 Å². The monoisotopic (exact) mass is 404 g/mol. The first-order valence-electron chi connectivity index (χ1n) is 8.41. The van der Waals surface area contributed by atoms with E-state index in [1.54, 1.807) is 4.68 Å². The molecule has 0 amide bonds. The van der Waals surface area contributed by atoms with E-state index in [4.69, 9.17) is 0 Å². The van der Waals surface area contributed by atoms with E-state index in [-0.39, 0.29) is 5.56 Å². The quantitative estimate of drug-likeness (QED) is 0.499. The summed E-state index contributed by atoms with van der Waals surface area (Å²) in [5, 5.41) is 3.31. The molecule has 1 aromatic heterocycles. The lowest BCUT2D eigenvalue weighted by atomic mass is 10.0. The number of hydrogen-bond donors (Lipinski definition) is 1. The van der Waals surface area contributed by atoms with Gasteiger partial charge in [0.15, 0.2) is 0 Å². The van der Waals surface area contributed by atoms with Crippen molar-refractivity contribution in [3.8, 4) is 16.9 Å². The van der Waals surface area contributed by atoms with Crippen molar-refractivity contribution in [2.24, 2.45) is 0 Å². The zero-order chi connectivity index (χ0) is 17.9. The minimum atomic E-state index is -0.0224. The van der Waals surface area contributed by atoms with Gasteiger partial charge in [0.1, 0.15) is 0 Å². The number of rotatable bonds is 4. The van der Waals surface area contributed by atoms with Crippen molar-refractivity contribution < 1.29 is 0 Å². The second kappa shape index (κ2) is 7.18. The summed E-state index contributed by atoms with van der Waals surface area (Å²) in [6.45, 7) is 0. The molecule has 1 N–H and O–H groups in total. The minimum absolute atomic E-state index is 0.0224. The van der Waals surface area contributed by atoms with Crippen LogP contribution in [0.5, 0.6) is 0 Å². The Balaban J connectivity index is 1.89. The number of hydrogen-bond acceptors (Lipinski definition) is 1. The maximum absolute atomic E-state index is 13.2. The molecule has 0 aliphatic rings. The number of aromatic nitrogens is 2. The molecular formula is C22H17BrN2O. The van der Waals surface area contributed by atoms with Crippen LogP contribution in [0.2, 0.25) is 0 Å².